The highest BCUT2D eigenvalue weighted by Gasteiger charge is 2.21. The molecular weight excluding hydrogens is 397 g/mol. The Balaban J connectivity index is 1.60. The van der Waals surface area contributed by atoms with Crippen molar-refractivity contribution in [3.8, 4) is 11.6 Å². The lowest BCUT2D eigenvalue weighted by atomic mass is 10.3. The highest BCUT2D eigenvalue weighted by atomic mass is 35.5. The van der Waals surface area contributed by atoms with Crippen LogP contribution in [-0.2, 0) is 4.79 Å². The summed E-state index contributed by atoms with van der Waals surface area (Å²) in [6.07, 6.45) is 0.189. The van der Waals surface area contributed by atoms with E-state index in [-0.39, 0.29) is 12.3 Å². The summed E-state index contributed by atoms with van der Waals surface area (Å²) in [4.78, 5) is 12.1. The molecule has 0 saturated heterocycles. The largest absolute Gasteiger partial charge is 0.538 e. The second-order valence-electron chi connectivity index (χ2n) is 5.22. The lowest BCUT2D eigenvalue weighted by molar-refractivity contribution is -0.705. The van der Waals surface area contributed by atoms with Gasteiger partial charge in [0.1, 0.15) is 0 Å². The first-order chi connectivity index (χ1) is 12.5. The number of amides is 1. The molecule has 0 atom stereocenters. The number of benzene rings is 2. The van der Waals surface area contributed by atoms with Gasteiger partial charge in [-0.1, -0.05) is 53.2 Å². The number of thioether (sulfide) groups is 1. The molecule has 3 rings (SSSR count). The predicted octanol–water partition coefficient (Wildman–Crippen LogP) is 3.45. The fourth-order valence-electron chi connectivity index (χ4n) is 2.18. The van der Waals surface area contributed by atoms with Crippen molar-refractivity contribution in [2.45, 2.75) is 11.4 Å². The summed E-state index contributed by atoms with van der Waals surface area (Å²) in [6, 6.07) is 13.9. The first kappa shape index (κ1) is 18.6. The Bertz CT molecular complexity index is 899. The summed E-state index contributed by atoms with van der Waals surface area (Å²) in [5.74, 6) is -0.379. The first-order valence-corrected chi connectivity index (χ1v) is 9.30. The van der Waals surface area contributed by atoms with Gasteiger partial charge in [-0.05, 0) is 22.9 Å². The van der Waals surface area contributed by atoms with Crippen LogP contribution < -0.4 is 15.1 Å². The first-order valence-electron chi connectivity index (χ1n) is 7.56. The van der Waals surface area contributed by atoms with Crippen LogP contribution in [0.4, 0.5) is 5.69 Å². The monoisotopic (exact) mass is 409 g/mol. The van der Waals surface area contributed by atoms with Gasteiger partial charge < -0.3 is 14.9 Å². The average Bonchev–Trinajstić information content (AvgIpc) is 2.96. The van der Waals surface area contributed by atoms with E-state index in [4.69, 9.17) is 27.7 Å². The molecule has 0 saturated carbocycles. The van der Waals surface area contributed by atoms with Crippen LogP contribution in [-0.4, -0.2) is 16.9 Å². The van der Waals surface area contributed by atoms with Crippen LogP contribution in [0.15, 0.2) is 58.1 Å². The van der Waals surface area contributed by atoms with Crippen LogP contribution >= 0.6 is 35.0 Å². The van der Waals surface area contributed by atoms with Crippen molar-refractivity contribution in [2.75, 3.05) is 11.1 Å². The molecule has 0 radical (unpaired) electrons. The number of rotatable bonds is 6. The molecule has 0 unspecified atom stereocenters. The van der Waals surface area contributed by atoms with Crippen molar-refractivity contribution in [2.24, 2.45) is 0 Å². The van der Waals surface area contributed by atoms with Gasteiger partial charge in [0.05, 0.1) is 5.27 Å². The minimum absolute atomic E-state index is 0.189. The lowest BCUT2D eigenvalue weighted by Crippen LogP contribution is -2.34. The number of halogens is 2. The summed E-state index contributed by atoms with van der Waals surface area (Å²) < 4.78 is 6.15. The van der Waals surface area contributed by atoms with Crippen molar-refractivity contribution in [3.63, 3.8) is 0 Å². The van der Waals surface area contributed by atoms with Crippen molar-refractivity contribution >= 4 is 46.6 Å². The molecule has 26 heavy (non-hydrogen) atoms. The quantitative estimate of drug-likeness (QED) is 0.497. The van der Waals surface area contributed by atoms with Crippen LogP contribution in [0.1, 0.15) is 6.42 Å². The smallest absolute Gasteiger partial charge is 0.297 e. The molecule has 1 aromatic heterocycles. The normalized spacial score (nSPS) is 10.7. The third kappa shape index (κ3) is 4.69. The zero-order valence-electron chi connectivity index (χ0n) is 13.3. The van der Waals surface area contributed by atoms with Crippen molar-refractivity contribution < 1.29 is 19.1 Å². The summed E-state index contributed by atoms with van der Waals surface area (Å²) in [5, 5.41) is 19.5. The molecule has 0 fully saturated rings. The second kappa shape index (κ2) is 8.44. The Kier molecular flexibility index (Phi) is 6.03. The molecule has 134 valence electrons. The highest BCUT2D eigenvalue weighted by Crippen LogP contribution is 2.25. The summed E-state index contributed by atoms with van der Waals surface area (Å²) in [7, 11) is 0. The summed E-state index contributed by atoms with van der Waals surface area (Å²) in [6.45, 7) is 0. The maximum absolute atomic E-state index is 12.1. The number of aromatic nitrogens is 2. The predicted molar refractivity (Wildman–Crippen MR) is 97.9 cm³/mol. The van der Waals surface area contributed by atoms with Gasteiger partial charge in [0.2, 0.25) is 11.6 Å². The van der Waals surface area contributed by atoms with Crippen LogP contribution in [0.2, 0.25) is 10.0 Å². The Morgan fingerprint density at radius 2 is 1.88 bits per heavy atom. The Morgan fingerprint density at radius 1 is 1.19 bits per heavy atom. The lowest BCUT2D eigenvalue weighted by Gasteiger charge is -2.06. The van der Waals surface area contributed by atoms with E-state index in [1.54, 1.807) is 18.2 Å². The van der Waals surface area contributed by atoms with Gasteiger partial charge in [-0.3, -0.25) is 4.79 Å². The molecule has 2 aromatic carbocycles. The van der Waals surface area contributed by atoms with E-state index in [0.717, 1.165) is 0 Å². The van der Waals surface area contributed by atoms with Crippen molar-refractivity contribution in [1.82, 2.24) is 5.27 Å². The number of hydrogen-bond acceptors (Lipinski definition) is 5. The van der Waals surface area contributed by atoms with Gasteiger partial charge in [0, 0.05) is 40.0 Å². The maximum Gasteiger partial charge on any atom is 0.297 e. The number of para-hydroxylation sites is 1. The second-order valence-corrected chi connectivity index (χ2v) is 7.17. The number of hydrogen-bond donors (Lipinski definition) is 1. The van der Waals surface area contributed by atoms with Gasteiger partial charge >= 0.3 is 0 Å². The zero-order chi connectivity index (χ0) is 18.5. The molecule has 0 spiro atoms. The maximum atomic E-state index is 12.1. The molecule has 0 bridgehead atoms. The van der Waals surface area contributed by atoms with Gasteiger partial charge in [0.15, 0.2) is 5.95 Å². The number of nitrogens with zero attached hydrogens (tertiary/aromatic N) is 2. The zero-order valence-corrected chi connectivity index (χ0v) is 15.6. The summed E-state index contributed by atoms with van der Waals surface area (Å²) >= 11 is 13.0. The number of carbonyl (C=O) groups is 1. The van der Waals surface area contributed by atoms with Gasteiger partial charge in [-0.15, -0.1) is 0 Å². The Morgan fingerprint density at radius 3 is 2.58 bits per heavy atom. The molecule has 3 aromatic rings. The number of carbonyl (C=O) groups excluding carboxylic acids is 1. The Labute approximate surface area is 163 Å². The van der Waals surface area contributed by atoms with Crippen LogP contribution in [0.3, 0.4) is 0 Å². The third-order valence-electron chi connectivity index (χ3n) is 3.29. The summed E-state index contributed by atoms with van der Waals surface area (Å²) in [5.41, 5.74) is 1.23. The SMILES string of the molecule is O=C(CCSc1c([O-])on[n+]1-c1ccccc1)Nc1cc(Cl)cc(Cl)c1. The van der Waals surface area contributed by atoms with Gasteiger partial charge in [-0.2, -0.15) is 0 Å². The molecular formula is C17H13Cl2N3O3S. The Hall–Kier alpha value is -2.22. The van der Waals surface area contributed by atoms with E-state index in [9.17, 15) is 9.90 Å². The highest BCUT2D eigenvalue weighted by molar-refractivity contribution is 7.99. The van der Waals surface area contributed by atoms with Crippen molar-refractivity contribution in [3.05, 3.63) is 58.6 Å². The van der Waals surface area contributed by atoms with Crippen LogP contribution in [0.25, 0.3) is 5.69 Å². The van der Waals surface area contributed by atoms with E-state index in [0.29, 0.717) is 32.2 Å². The minimum atomic E-state index is -0.541. The molecule has 0 aliphatic rings. The van der Waals surface area contributed by atoms with Gasteiger partial charge in [0.25, 0.3) is 5.03 Å². The van der Waals surface area contributed by atoms with E-state index in [1.165, 1.54) is 16.4 Å². The fraction of sp³-hybridized carbons (Fsp3) is 0.118. The van der Waals surface area contributed by atoms with Crippen molar-refractivity contribution in [1.29, 1.82) is 0 Å². The molecule has 0 aliphatic carbocycles. The van der Waals surface area contributed by atoms with E-state index < -0.39 is 5.95 Å². The number of nitrogens with one attached hydrogen (secondary N) is 1. The molecule has 1 N–H and O–H groups in total. The van der Waals surface area contributed by atoms with E-state index >= 15 is 0 Å². The van der Waals surface area contributed by atoms with E-state index in [2.05, 4.69) is 10.6 Å². The fourth-order valence-corrected chi connectivity index (χ4v) is 3.61. The standard InChI is InChI=1S/C17H13Cl2N3O3S/c18-11-8-12(19)10-13(9-11)20-15(23)6-7-26-16-17(24)25-21-22(16)14-4-2-1-3-5-14/h1-5,8-10H,6-7H2,(H-,20,21,23,24). The van der Waals surface area contributed by atoms with Gasteiger partial charge in [-0.25, -0.2) is 0 Å². The van der Waals surface area contributed by atoms with Crippen LogP contribution in [0, 0.1) is 0 Å². The minimum Gasteiger partial charge on any atom is -0.538 e. The molecule has 6 nitrogen and oxygen atoms in total. The molecule has 1 amide bonds. The molecule has 1 heterocycles. The van der Waals surface area contributed by atoms with E-state index in [1.807, 2.05) is 30.3 Å². The third-order valence-corrected chi connectivity index (χ3v) is 4.75. The molecule has 0 aliphatic heterocycles. The van der Waals surface area contributed by atoms with Crippen LogP contribution in [0.5, 0.6) is 5.95 Å². The topological polar surface area (TPSA) is 82.1 Å². The average molecular weight is 410 g/mol. The molecule has 9 heteroatoms. The number of anilines is 1.